The van der Waals surface area contributed by atoms with Gasteiger partial charge in [-0.15, -0.1) is 0 Å². The fourth-order valence-electron chi connectivity index (χ4n) is 5.87. The van der Waals surface area contributed by atoms with E-state index in [1.165, 1.54) is 50.1 Å². The van der Waals surface area contributed by atoms with Crippen molar-refractivity contribution in [3.8, 4) is 11.1 Å². The molecule has 0 N–H and O–H groups in total. The van der Waals surface area contributed by atoms with E-state index in [1.54, 1.807) is 0 Å². The van der Waals surface area contributed by atoms with Crippen LogP contribution in [-0.2, 0) is 18.4 Å². The molecular weight excluding hydrogens is 362 g/mol. The summed E-state index contributed by atoms with van der Waals surface area (Å²) in [6, 6.07) is 34.1. The highest BCUT2D eigenvalue weighted by Gasteiger charge is 2.49. The van der Waals surface area contributed by atoms with Crippen LogP contribution in [0.25, 0.3) is 11.1 Å². The van der Waals surface area contributed by atoms with Crippen molar-refractivity contribution in [2.75, 3.05) is 14.1 Å². The van der Waals surface area contributed by atoms with Gasteiger partial charge in [-0.3, -0.25) is 0 Å². The molecule has 0 aromatic heterocycles. The molecule has 0 radical (unpaired) electrons. The van der Waals surface area contributed by atoms with Crippen molar-refractivity contribution in [2.45, 2.75) is 18.4 Å². The second-order valence-electron chi connectivity index (χ2n) is 8.86. The van der Waals surface area contributed by atoms with Gasteiger partial charge in [-0.2, -0.15) is 0 Å². The van der Waals surface area contributed by atoms with Gasteiger partial charge >= 0.3 is 0 Å². The lowest BCUT2D eigenvalue weighted by molar-refractivity contribution is 0.400. The third-order valence-electron chi connectivity index (χ3n) is 6.90. The van der Waals surface area contributed by atoms with Crippen LogP contribution in [0, 0.1) is 0 Å². The Kier molecular flexibility index (Phi) is 3.78. The van der Waals surface area contributed by atoms with Crippen LogP contribution in [0.4, 0.5) is 0 Å². The molecule has 0 aliphatic heterocycles. The van der Waals surface area contributed by atoms with Crippen molar-refractivity contribution in [1.29, 1.82) is 0 Å². The van der Waals surface area contributed by atoms with Gasteiger partial charge < -0.3 is 4.90 Å². The average molecular weight is 388 g/mol. The molecule has 30 heavy (non-hydrogen) atoms. The highest BCUT2D eigenvalue weighted by Crippen LogP contribution is 2.59. The Morgan fingerprint density at radius 2 is 1.20 bits per heavy atom. The number of hydrogen-bond acceptors (Lipinski definition) is 1. The predicted molar refractivity (Wildman–Crippen MR) is 124 cm³/mol. The van der Waals surface area contributed by atoms with Crippen molar-refractivity contribution in [2.24, 2.45) is 0 Å². The quantitative estimate of drug-likeness (QED) is 0.351. The zero-order valence-corrected chi connectivity index (χ0v) is 17.5. The van der Waals surface area contributed by atoms with Crippen molar-refractivity contribution in [3.63, 3.8) is 0 Å². The third kappa shape index (κ3) is 2.21. The number of hydrogen-bond donors (Lipinski definition) is 0. The molecule has 2 aliphatic rings. The van der Waals surface area contributed by atoms with Gasteiger partial charge in [0.1, 0.15) is 0 Å². The van der Waals surface area contributed by atoms with Gasteiger partial charge in [-0.1, -0.05) is 91.0 Å². The lowest BCUT2D eigenvalue weighted by Crippen LogP contribution is -2.35. The summed E-state index contributed by atoms with van der Waals surface area (Å²) < 4.78 is 0. The maximum Gasteiger partial charge on any atom is 0.0719 e. The molecule has 146 valence electrons. The molecule has 1 spiro atoms. The second-order valence-corrected chi connectivity index (χ2v) is 8.86. The molecule has 4 aromatic rings. The largest absolute Gasteiger partial charge is 0.305 e. The van der Waals surface area contributed by atoms with Gasteiger partial charge in [0.25, 0.3) is 0 Å². The first kappa shape index (κ1) is 17.7. The Bertz CT molecular complexity index is 1240. The molecule has 0 atom stereocenters. The fourth-order valence-corrected chi connectivity index (χ4v) is 5.87. The van der Waals surface area contributed by atoms with Gasteiger partial charge in [0.2, 0.25) is 0 Å². The van der Waals surface area contributed by atoms with E-state index in [9.17, 15) is 0 Å². The van der Waals surface area contributed by atoms with Crippen LogP contribution in [0.1, 0.15) is 38.9 Å². The fraction of sp³-hybridized carbons (Fsp3) is 0.172. The molecule has 6 rings (SSSR count). The summed E-state index contributed by atoms with van der Waals surface area (Å²) in [7, 11) is 4.32. The molecule has 0 bridgehead atoms. The number of rotatable bonds is 2. The Hall–Kier alpha value is -3.16. The Balaban J connectivity index is 1.78. The highest BCUT2D eigenvalue weighted by atomic mass is 15.0. The maximum absolute atomic E-state index is 2.38. The summed E-state index contributed by atoms with van der Waals surface area (Å²) in [4.78, 5) is 2.28. The summed E-state index contributed by atoms with van der Waals surface area (Å²) in [5.41, 5.74) is 12.6. The molecular formula is C29H25N. The highest BCUT2D eigenvalue weighted by molar-refractivity contribution is 5.87. The first-order chi connectivity index (χ1) is 14.7. The van der Waals surface area contributed by atoms with E-state index < -0.39 is 0 Å². The Labute approximate surface area is 178 Å². The first-order valence-electron chi connectivity index (χ1n) is 10.7. The van der Waals surface area contributed by atoms with Crippen LogP contribution in [-0.4, -0.2) is 19.0 Å². The zero-order valence-electron chi connectivity index (χ0n) is 17.5. The molecule has 0 amide bonds. The summed E-state index contributed by atoms with van der Waals surface area (Å²) in [6.45, 7) is 0.963. The minimum atomic E-state index is -0.236. The topological polar surface area (TPSA) is 3.24 Å². The molecule has 0 saturated carbocycles. The number of benzene rings is 4. The van der Waals surface area contributed by atoms with Crippen LogP contribution in [0.5, 0.6) is 0 Å². The minimum Gasteiger partial charge on any atom is -0.305 e. The normalized spacial score (nSPS) is 14.9. The van der Waals surface area contributed by atoms with Gasteiger partial charge in [-0.25, -0.2) is 0 Å². The van der Waals surface area contributed by atoms with Crippen LogP contribution >= 0.6 is 0 Å². The number of fused-ring (bicyclic) bond motifs is 9. The van der Waals surface area contributed by atoms with Gasteiger partial charge in [0, 0.05) is 6.54 Å². The van der Waals surface area contributed by atoms with Crippen LogP contribution in [0.3, 0.4) is 0 Å². The standard InChI is InChI=1S/C29H25N/c1-30(2)19-21-11-9-17-28-24(21)18-20-10-3-6-14-25(20)29(28)26-15-7-4-12-22(26)23-13-5-8-16-27(23)29/h3-17H,18-19H2,1-2H3. The zero-order chi connectivity index (χ0) is 20.3. The molecule has 0 unspecified atom stereocenters. The Morgan fingerprint density at radius 1 is 0.633 bits per heavy atom. The SMILES string of the molecule is CN(C)Cc1cccc2c1Cc1ccccc1C21c2ccccc2-c2ccccc21. The second kappa shape index (κ2) is 6.42. The van der Waals surface area contributed by atoms with E-state index in [1.807, 2.05) is 0 Å². The first-order valence-corrected chi connectivity index (χ1v) is 10.7. The van der Waals surface area contributed by atoms with E-state index in [0.717, 1.165) is 13.0 Å². The van der Waals surface area contributed by atoms with Gasteiger partial charge in [-0.05, 0) is 70.6 Å². The van der Waals surface area contributed by atoms with Crippen molar-refractivity contribution in [3.05, 3.63) is 130 Å². The molecule has 1 nitrogen and oxygen atoms in total. The molecule has 0 fully saturated rings. The molecule has 0 saturated heterocycles. The molecule has 0 heterocycles. The lowest BCUT2D eigenvalue weighted by atomic mass is 9.61. The molecule has 1 heteroatoms. The maximum atomic E-state index is 2.38. The van der Waals surface area contributed by atoms with Crippen molar-refractivity contribution < 1.29 is 0 Å². The predicted octanol–water partition coefficient (Wildman–Crippen LogP) is 6.02. The molecule has 2 aliphatic carbocycles. The average Bonchev–Trinajstić information content (AvgIpc) is 3.06. The van der Waals surface area contributed by atoms with Gasteiger partial charge in [0.05, 0.1) is 5.41 Å². The summed E-state index contributed by atoms with van der Waals surface area (Å²) in [6.07, 6.45) is 1.00. The summed E-state index contributed by atoms with van der Waals surface area (Å²) in [5.74, 6) is 0. The smallest absolute Gasteiger partial charge is 0.0719 e. The summed E-state index contributed by atoms with van der Waals surface area (Å²) >= 11 is 0. The van der Waals surface area contributed by atoms with E-state index in [2.05, 4.69) is 110 Å². The monoisotopic (exact) mass is 387 g/mol. The van der Waals surface area contributed by atoms with Gasteiger partial charge in [0.15, 0.2) is 0 Å². The Morgan fingerprint density at radius 3 is 1.87 bits per heavy atom. The van der Waals surface area contributed by atoms with Crippen molar-refractivity contribution >= 4 is 0 Å². The minimum absolute atomic E-state index is 0.236. The lowest BCUT2D eigenvalue weighted by Gasteiger charge is -2.41. The van der Waals surface area contributed by atoms with Crippen molar-refractivity contribution in [1.82, 2.24) is 4.90 Å². The van der Waals surface area contributed by atoms with E-state index in [0.29, 0.717) is 0 Å². The van der Waals surface area contributed by atoms with Crippen LogP contribution in [0.2, 0.25) is 0 Å². The van der Waals surface area contributed by atoms with E-state index >= 15 is 0 Å². The molecule has 4 aromatic carbocycles. The van der Waals surface area contributed by atoms with E-state index in [4.69, 9.17) is 0 Å². The van der Waals surface area contributed by atoms with Crippen LogP contribution < -0.4 is 0 Å². The summed E-state index contributed by atoms with van der Waals surface area (Å²) in [5, 5.41) is 0. The van der Waals surface area contributed by atoms with Crippen LogP contribution in [0.15, 0.2) is 91.0 Å². The van der Waals surface area contributed by atoms with E-state index in [-0.39, 0.29) is 5.41 Å². The number of nitrogens with zero attached hydrogens (tertiary/aromatic N) is 1. The third-order valence-corrected chi connectivity index (χ3v) is 6.90.